The van der Waals surface area contributed by atoms with E-state index in [1.54, 1.807) is 0 Å². The summed E-state index contributed by atoms with van der Waals surface area (Å²) >= 11 is 0. The van der Waals surface area contributed by atoms with Crippen molar-refractivity contribution < 1.29 is 19.7 Å². The lowest BCUT2D eigenvalue weighted by Crippen LogP contribution is -2.13. The molecule has 0 aliphatic heterocycles. The monoisotopic (exact) mass is 244 g/mol. The Hall–Kier alpha value is -0.870. The molecule has 0 rings (SSSR count). The van der Waals surface area contributed by atoms with E-state index < -0.39 is 12.1 Å². The van der Waals surface area contributed by atoms with Gasteiger partial charge in [0.1, 0.15) is 0 Å². The van der Waals surface area contributed by atoms with E-state index in [2.05, 4.69) is 4.74 Å². The van der Waals surface area contributed by atoms with Crippen LogP contribution in [0.4, 0.5) is 0 Å². The number of hydrogen-bond acceptors (Lipinski definition) is 4. The van der Waals surface area contributed by atoms with Crippen molar-refractivity contribution in [1.29, 1.82) is 0 Å². The van der Waals surface area contributed by atoms with Gasteiger partial charge in [0.2, 0.25) is 0 Å². The molecule has 0 fully saturated rings. The van der Waals surface area contributed by atoms with Crippen LogP contribution in [-0.4, -0.2) is 35.5 Å². The second-order valence-electron chi connectivity index (χ2n) is 4.13. The molecule has 0 aromatic heterocycles. The summed E-state index contributed by atoms with van der Waals surface area (Å²) in [5.41, 5.74) is 0. The smallest absolute Gasteiger partial charge is 0.308 e. The first-order valence-electron chi connectivity index (χ1n) is 6.18. The van der Waals surface area contributed by atoms with E-state index in [0.717, 1.165) is 25.7 Å². The summed E-state index contributed by atoms with van der Waals surface area (Å²) in [6, 6.07) is 0. The number of ether oxygens (including phenoxy) is 1. The Labute approximate surface area is 103 Å². The molecule has 2 unspecified atom stereocenters. The highest BCUT2D eigenvalue weighted by Gasteiger charge is 2.08. The minimum atomic E-state index is -0.667. The van der Waals surface area contributed by atoms with Gasteiger partial charge < -0.3 is 14.9 Å². The highest BCUT2D eigenvalue weighted by atomic mass is 16.5. The Morgan fingerprint density at radius 1 is 1.29 bits per heavy atom. The fraction of sp³-hybridized carbons (Fsp3) is 0.769. The molecule has 0 aromatic rings. The van der Waals surface area contributed by atoms with Crippen LogP contribution in [0.25, 0.3) is 0 Å². The Balaban J connectivity index is 3.50. The second-order valence-corrected chi connectivity index (χ2v) is 4.13. The quantitative estimate of drug-likeness (QED) is 0.369. The van der Waals surface area contributed by atoms with E-state index in [1.807, 2.05) is 19.1 Å². The summed E-state index contributed by atoms with van der Waals surface area (Å²) in [5, 5.41) is 18.8. The SMILES string of the molecule is CCC(O)CCC/C=C\CC(O)CC(=O)OC. The van der Waals surface area contributed by atoms with Gasteiger partial charge in [-0.2, -0.15) is 0 Å². The van der Waals surface area contributed by atoms with Gasteiger partial charge in [0.05, 0.1) is 25.7 Å². The summed E-state index contributed by atoms with van der Waals surface area (Å²) in [6.07, 6.45) is 6.91. The molecular formula is C13H24O4. The first-order chi connectivity index (χ1) is 8.10. The number of allylic oxidation sites excluding steroid dienone is 1. The van der Waals surface area contributed by atoms with Gasteiger partial charge >= 0.3 is 5.97 Å². The highest BCUT2D eigenvalue weighted by Crippen LogP contribution is 2.06. The first kappa shape index (κ1) is 16.1. The summed E-state index contributed by atoms with van der Waals surface area (Å²) < 4.78 is 4.45. The molecular weight excluding hydrogens is 220 g/mol. The van der Waals surface area contributed by atoms with E-state index in [9.17, 15) is 15.0 Å². The molecule has 4 heteroatoms. The number of unbranched alkanes of at least 4 members (excludes halogenated alkanes) is 1. The van der Waals surface area contributed by atoms with Gasteiger partial charge in [0.25, 0.3) is 0 Å². The largest absolute Gasteiger partial charge is 0.469 e. The number of esters is 1. The minimum Gasteiger partial charge on any atom is -0.469 e. The van der Waals surface area contributed by atoms with Crippen LogP contribution >= 0.6 is 0 Å². The van der Waals surface area contributed by atoms with Crippen molar-refractivity contribution in [3.63, 3.8) is 0 Å². The topological polar surface area (TPSA) is 66.8 Å². The molecule has 0 saturated carbocycles. The Morgan fingerprint density at radius 3 is 2.59 bits per heavy atom. The first-order valence-corrected chi connectivity index (χ1v) is 6.18. The van der Waals surface area contributed by atoms with Gasteiger partial charge in [0.15, 0.2) is 0 Å². The molecule has 100 valence electrons. The van der Waals surface area contributed by atoms with Gasteiger partial charge in [0, 0.05) is 0 Å². The lowest BCUT2D eigenvalue weighted by atomic mass is 10.1. The number of carbonyl (C=O) groups excluding carboxylic acids is 1. The molecule has 0 heterocycles. The second kappa shape index (κ2) is 10.3. The Morgan fingerprint density at radius 2 is 2.00 bits per heavy atom. The van der Waals surface area contributed by atoms with Gasteiger partial charge in [-0.25, -0.2) is 0 Å². The minimum absolute atomic E-state index is 0.0371. The fourth-order valence-electron chi connectivity index (χ4n) is 1.41. The molecule has 4 nitrogen and oxygen atoms in total. The molecule has 0 aliphatic carbocycles. The maximum Gasteiger partial charge on any atom is 0.308 e. The van der Waals surface area contributed by atoms with Crippen LogP contribution in [0.2, 0.25) is 0 Å². The molecule has 0 saturated heterocycles. The number of rotatable bonds is 9. The summed E-state index contributed by atoms with van der Waals surface area (Å²) in [4.78, 5) is 10.8. The van der Waals surface area contributed by atoms with Gasteiger partial charge in [-0.1, -0.05) is 19.1 Å². The standard InChI is InChI=1S/C13H24O4/c1-3-11(14)8-6-4-5-7-9-12(15)10-13(16)17-2/h5,7,11-12,14-15H,3-4,6,8-10H2,1-2H3/b7-5-. The van der Waals surface area contributed by atoms with Crippen LogP contribution in [0.3, 0.4) is 0 Å². The zero-order valence-electron chi connectivity index (χ0n) is 10.8. The van der Waals surface area contributed by atoms with Crippen molar-refractivity contribution in [2.24, 2.45) is 0 Å². The normalized spacial score (nSPS) is 14.8. The van der Waals surface area contributed by atoms with E-state index in [0.29, 0.717) is 6.42 Å². The van der Waals surface area contributed by atoms with E-state index in [4.69, 9.17) is 0 Å². The van der Waals surface area contributed by atoms with Crippen molar-refractivity contribution >= 4 is 5.97 Å². The average Bonchev–Trinajstić information content (AvgIpc) is 2.32. The maximum atomic E-state index is 10.8. The predicted octanol–water partition coefficient (Wildman–Crippen LogP) is 1.80. The fourth-order valence-corrected chi connectivity index (χ4v) is 1.41. The van der Waals surface area contributed by atoms with E-state index in [-0.39, 0.29) is 12.5 Å². The van der Waals surface area contributed by atoms with Crippen LogP contribution < -0.4 is 0 Å². The van der Waals surface area contributed by atoms with Crippen molar-refractivity contribution in [2.45, 2.75) is 57.7 Å². The summed E-state index contributed by atoms with van der Waals surface area (Å²) in [6.45, 7) is 1.96. The van der Waals surface area contributed by atoms with Crippen LogP contribution in [0.5, 0.6) is 0 Å². The molecule has 17 heavy (non-hydrogen) atoms. The van der Waals surface area contributed by atoms with Crippen LogP contribution in [-0.2, 0) is 9.53 Å². The Bertz CT molecular complexity index is 225. The molecule has 0 bridgehead atoms. The van der Waals surface area contributed by atoms with Crippen LogP contribution in [0, 0.1) is 0 Å². The molecule has 2 N–H and O–H groups in total. The van der Waals surface area contributed by atoms with E-state index in [1.165, 1.54) is 7.11 Å². The Kier molecular flexibility index (Phi) is 9.77. The number of methoxy groups -OCH3 is 1. The number of aliphatic hydroxyl groups excluding tert-OH is 2. The van der Waals surface area contributed by atoms with Crippen molar-refractivity contribution in [2.75, 3.05) is 7.11 Å². The average molecular weight is 244 g/mol. The van der Waals surface area contributed by atoms with Gasteiger partial charge in [-0.15, -0.1) is 0 Å². The zero-order valence-corrected chi connectivity index (χ0v) is 10.8. The lowest BCUT2D eigenvalue weighted by Gasteiger charge is -2.06. The third-order valence-corrected chi connectivity index (χ3v) is 2.58. The van der Waals surface area contributed by atoms with Crippen LogP contribution in [0.1, 0.15) is 45.4 Å². The number of carbonyl (C=O) groups is 1. The van der Waals surface area contributed by atoms with Crippen molar-refractivity contribution in [3.8, 4) is 0 Å². The highest BCUT2D eigenvalue weighted by molar-refractivity contribution is 5.69. The number of hydrogen-bond donors (Lipinski definition) is 2. The molecule has 0 aromatic carbocycles. The van der Waals surface area contributed by atoms with Gasteiger partial charge in [-0.05, 0) is 32.1 Å². The molecule has 0 amide bonds. The lowest BCUT2D eigenvalue weighted by molar-refractivity contribution is -0.142. The van der Waals surface area contributed by atoms with Crippen molar-refractivity contribution in [3.05, 3.63) is 12.2 Å². The number of aliphatic hydroxyl groups is 2. The van der Waals surface area contributed by atoms with Crippen LogP contribution in [0.15, 0.2) is 12.2 Å². The summed E-state index contributed by atoms with van der Waals surface area (Å²) in [7, 11) is 1.31. The third kappa shape index (κ3) is 10.0. The zero-order chi connectivity index (χ0) is 13.1. The molecule has 0 aliphatic rings. The maximum absolute atomic E-state index is 10.8. The molecule has 0 spiro atoms. The molecule has 2 atom stereocenters. The summed E-state index contributed by atoms with van der Waals surface area (Å²) in [5.74, 6) is -0.392. The van der Waals surface area contributed by atoms with E-state index >= 15 is 0 Å². The van der Waals surface area contributed by atoms with Crippen molar-refractivity contribution in [1.82, 2.24) is 0 Å². The third-order valence-electron chi connectivity index (χ3n) is 2.58. The predicted molar refractivity (Wildman–Crippen MR) is 66.5 cm³/mol. The van der Waals surface area contributed by atoms with Gasteiger partial charge in [-0.3, -0.25) is 4.79 Å². The molecule has 0 radical (unpaired) electrons.